The summed E-state index contributed by atoms with van der Waals surface area (Å²) in [6, 6.07) is 9.88. The van der Waals surface area contributed by atoms with Crippen molar-refractivity contribution < 1.29 is 24.2 Å². The van der Waals surface area contributed by atoms with Crippen molar-refractivity contribution in [1.82, 2.24) is 9.55 Å². The molecule has 0 saturated carbocycles. The summed E-state index contributed by atoms with van der Waals surface area (Å²) in [4.78, 5) is 41.1. The Morgan fingerprint density at radius 1 is 1.23 bits per heavy atom. The molecular weight excluding hydrogens is 402 g/mol. The second kappa shape index (κ2) is 9.68. The Morgan fingerprint density at radius 2 is 2.03 bits per heavy atom. The lowest BCUT2D eigenvalue weighted by Crippen LogP contribution is -2.24. The first kappa shape index (κ1) is 21.7. The van der Waals surface area contributed by atoms with E-state index in [-0.39, 0.29) is 24.4 Å². The van der Waals surface area contributed by atoms with Gasteiger partial charge in [-0.05, 0) is 35.9 Å². The van der Waals surface area contributed by atoms with Crippen molar-refractivity contribution in [3.63, 3.8) is 0 Å². The number of hydrogen-bond donors (Lipinski definition) is 2. The molecule has 3 rings (SSSR count). The van der Waals surface area contributed by atoms with Crippen LogP contribution < -0.4 is 10.9 Å². The molecular formula is C22H21N3O6. The van der Waals surface area contributed by atoms with E-state index < -0.39 is 23.2 Å². The van der Waals surface area contributed by atoms with Crippen molar-refractivity contribution in [1.29, 1.82) is 0 Å². The van der Waals surface area contributed by atoms with E-state index in [1.54, 1.807) is 36.4 Å². The molecule has 0 aliphatic heterocycles. The Bertz CT molecular complexity index is 1220. The summed E-state index contributed by atoms with van der Waals surface area (Å²) in [5.74, 6) is -1.06. The van der Waals surface area contributed by atoms with Crippen LogP contribution in [-0.4, -0.2) is 46.9 Å². The van der Waals surface area contributed by atoms with Gasteiger partial charge in [-0.3, -0.25) is 19.5 Å². The maximum atomic E-state index is 12.7. The fourth-order valence-corrected chi connectivity index (χ4v) is 2.92. The van der Waals surface area contributed by atoms with Crippen LogP contribution >= 0.6 is 0 Å². The van der Waals surface area contributed by atoms with E-state index in [4.69, 9.17) is 9.47 Å². The van der Waals surface area contributed by atoms with Gasteiger partial charge in [0, 0.05) is 26.0 Å². The number of amides is 1. The number of ether oxygens (including phenoxy) is 2. The molecule has 1 aromatic carbocycles. The Labute approximate surface area is 177 Å². The lowest BCUT2D eigenvalue weighted by molar-refractivity contribution is 0.104. The quantitative estimate of drug-likeness (QED) is 0.341. The van der Waals surface area contributed by atoms with Gasteiger partial charge in [-0.2, -0.15) is 0 Å². The molecule has 3 aromatic rings. The number of aromatic hydroxyl groups is 1. The van der Waals surface area contributed by atoms with Crippen LogP contribution in [0.4, 0.5) is 10.5 Å². The van der Waals surface area contributed by atoms with Crippen LogP contribution in [0.2, 0.25) is 0 Å². The van der Waals surface area contributed by atoms with Gasteiger partial charge in [-0.15, -0.1) is 0 Å². The minimum absolute atomic E-state index is 0.121. The predicted octanol–water partition coefficient (Wildman–Crippen LogP) is 2.73. The average molecular weight is 423 g/mol. The molecule has 0 fully saturated rings. The molecule has 9 heteroatoms. The number of carbonyl (C=O) groups excluding carboxylic acids is 2. The summed E-state index contributed by atoms with van der Waals surface area (Å²) in [5.41, 5.74) is 0.360. The van der Waals surface area contributed by atoms with E-state index in [1.165, 1.54) is 37.1 Å². The van der Waals surface area contributed by atoms with Crippen LogP contribution in [-0.2, 0) is 16.5 Å². The summed E-state index contributed by atoms with van der Waals surface area (Å²) < 4.78 is 11.0. The van der Waals surface area contributed by atoms with Gasteiger partial charge in [0.2, 0.25) is 0 Å². The molecule has 0 unspecified atom stereocenters. The van der Waals surface area contributed by atoms with E-state index in [0.29, 0.717) is 16.6 Å². The standard InChI is InChI=1S/C22H21N3O6/c1-25-20-16(7-4-10-23-20)19(27)18(21(25)28)17(26)9-8-14-5-3-6-15(13-14)24-22(29)31-12-11-30-2/h3-10,13,27H,11-12H2,1-2H3,(H,24,29)/b9-8+. The van der Waals surface area contributed by atoms with E-state index in [1.807, 2.05) is 0 Å². The number of fused-ring (bicyclic) bond motifs is 1. The van der Waals surface area contributed by atoms with E-state index in [0.717, 1.165) is 0 Å². The van der Waals surface area contributed by atoms with Crippen LogP contribution in [0, 0.1) is 0 Å². The van der Waals surface area contributed by atoms with Crippen LogP contribution in [0.25, 0.3) is 17.1 Å². The number of aromatic nitrogens is 2. The topological polar surface area (TPSA) is 120 Å². The monoisotopic (exact) mass is 423 g/mol. The molecule has 0 saturated heterocycles. The van der Waals surface area contributed by atoms with E-state index >= 15 is 0 Å². The van der Waals surface area contributed by atoms with Gasteiger partial charge in [0.25, 0.3) is 5.56 Å². The molecule has 0 spiro atoms. The highest BCUT2D eigenvalue weighted by molar-refractivity contribution is 6.10. The SMILES string of the molecule is COCCOC(=O)Nc1cccc(/C=C/C(=O)c2c(O)c3cccnc3n(C)c2=O)c1. The van der Waals surface area contributed by atoms with Crippen LogP contribution in [0.1, 0.15) is 15.9 Å². The Morgan fingerprint density at radius 3 is 2.81 bits per heavy atom. The number of benzene rings is 1. The summed E-state index contributed by atoms with van der Waals surface area (Å²) in [6.45, 7) is 0.408. The fraction of sp³-hybridized carbons (Fsp3) is 0.182. The minimum atomic E-state index is -0.652. The molecule has 2 heterocycles. The second-order valence-corrected chi connectivity index (χ2v) is 6.54. The van der Waals surface area contributed by atoms with Crippen molar-refractivity contribution in [2.75, 3.05) is 25.6 Å². The number of nitrogens with one attached hydrogen (secondary N) is 1. The summed E-state index contributed by atoms with van der Waals surface area (Å²) >= 11 is 0. The smallest absolute Gasteiger partial charge is 0.411 e. The van der Waals surface area contributed by atoms with Crippen molar-refractivity contribution in [2.24, 2.45) is 7.05 Å². The molecule has 2 aromatic heterocycles. The minimum Gasteiger partial charge on any atom is -0.506 e. The molecule has 160 valence electrons. The third-order valence-corrected chi connectivity index (χ3v) is 4.44. The Kier molecular flexibility index (Phi) is 6.78. The largest absolute Gasteiger partial charge is 0.506 e. The Balaban J connectivity index is 1.81. The zero-order chi connectivity index (χ0) is 22.4. The van der Waals surface area contributed by atoms with Gasteiger partial charge in [0.1, 0.15) is 23.6 Å². The molecule has 9 nitrogen and oxygen atoms in total. The zero-order valence-corrected chi connectivity index (χ0v) is 17.0. The highest BCUT2D eigenvalue weighted by atomic mass is 16.6. The molecule has 2 N–H and O–H groups in total. The number of anilines is 1. The van der Waals surface area contributed by atoms with Gasteiger partial charge in [0.15, 0.2) is 5.78 Å². The summed E-state index contributed by atoms with van der Waals surface area (Å²) in [6.07, 6.45) is 3.54. The number of hydrogen-bond acceptors (Lipinski definition) is 7. The number of rotatable bonds is 7. The third kappa shape index (κ3) is 4.96. The van der Waals surface area contributed by atoms with Crippen molar-refractivity contribution in [2.45, 2.75) is 0 Å². The molecule has 0 aliphatic carbocycles. The van der Waals surface area contributed by atoms with Crippen LogP contribution in [0.3, 0.4) is 0 Å². The van der Waals surface area contributed by atoms with Crippen molar-refractivity contribution in [3.05, 3.63) is 70.2 Å². The van der Waals surface area contributed by atoms with Crippen LogP contribution in [0.5, 0.6) is 5.75 Å². The van der Waals surface area contributed by atoms with Gasteiger partial charge < -0.3 is 14.6 Å². The van der Waals surface area contributed by atoms with Crippen molar-refractivity contribution >= 4 is 34.7 Å². The molecule has 0 aliphatic rings. The zero-order valence-electron chi connectivity index (χ0n) is 17.0. The normalized spacial score (nSPS) is 11.0. The fourth-order valence-electron chi connectivity index (χ4n) is 2.92. The maximum Gasteiger partial charge on any atom is 0.411 e. The second-order valence-electron chi connectivity index (χ2n) is 6.54. The first-order chi connectivity index (χ1) is 14.9. The molecule has 31 heavy (non-hydrogen) atoms. The Hall–Kier alpha value is -3.98. The number of pyridine rings is 2. The van der Waals surface area contributed by atoms with Crippen molar-refractivity contribution in [3.8, 4) is 5.75 Å². The predicted molar refractivity (Wildman–Crippen MR) is 115 cm³/mol. The molecule has 0 radical (unpaired) electrons. The summed E-state index contributed by atoms with van der Waals surface area (Å²) in [5, 5.41) is 13.4. The first-order valence-corrected chi connectivity index (χ1v) is 9.34. The molecule has 1 amide bonds. The number of allylic oxidation sites excluding steroid dienone is 1. The molecule has 0 bridgehead atoms. The number of methoxy groups -OCH3 is 1. The lowest BCUT2D eigenvalue weighted by atomic mass is 10.1. The third-order valence-electron chi connectivity index (χ3n) is 4.44. The number of carbonyl (C=O) groups is 2. The van der Waals surface area contributed by atoms with Gasteiger partial charge >= 0.3 is 6.09 Å². The number of aryl methyl sites for hydroxylation is 1. The van der Waals surface area contributed by atoms with E-state index in [2.05, 4.69) is 10.3 Å². The van der Waals surface area contributed by atoms with Gasteiger partial charge in [-0.25, -0.2) is 9.78 Å². The number of nitrogens with zero attached hydrogens (tertiary/aromatic N) is 2. The highest BCUT2D eigenvalue weighted by Crippen LogP contribution is 2.25. The highest BCUT2D eigenvalue weighted by Gasteiger charge is 2.19. The summed E-state index contributed by atoms with van der Waals surface area (Å²) in [7, 11) is 2.99. The molecule has 0 atom stereocenters. The van der Waals surface area contributed by atoms with Gasteiger partial charge in [-0.1, -0.05) is 18.2 Å². The number of ketones is 1. The maximum absolute atomic E-state index is 12.7. The first-order valence-electron chi connectivity index (χ1n) is 9.34. The van der Waals surface area contributed by atoms with E-state index in [9.17, 15) is 19.5 Å². The van der Waals surface area contributed by atoms with Gasteiger partial charge in [0.05, 0.1) is 12.0 Å². The van der Waals surface area contributed by atoms with Crippen LogP contribution in [0.15, 0.2) is 53.5 Å². The average Bonchev–Trinajstić information content (AvgIpc) is 2.77. The lowest BCUT2D eigenvalue weighted by Gasteiger charge is -2.09.